The second-order valence-electron chi connectivity index (χ2n) is 4.70. The van der Waals surface area contributed by atoms with Gasteiger partial charge in [-0.25, -0.2) is 0 Å². The number of rotatable bonds is 3. The van der Waals surface area contributed by atoms with Crippen molar-refractivity contribution >= 4 is 0 Å². The smallest absolute Gasteiger partial charge is 0.0710 e. The third kappa shape index (κ3) is 2.27. The lowest BCUT2D eigenvalue weighted by Crippen LogP contribution is -2.33. The second kappa shape index (κ2) is 4.60. The van der Waals surface area contributed by atoms with Crippen LogP contribution in [0.5, 0.6) is 0 Å². The van der Waals surface area contributed by atoms with Crippen molar-refractivity contribution in [2.24, 2.45) is 5.92 Å². The zero-order valence-electron chi connectivity index (χ0n) is 9.33. The molecule has 0 saturated carbocycles. The van der Waals surface area contributed by atoms with E-state index < -0.39 is 0 Å². The third-order valence-electron chi connectivity index (χ3n) is 3.74. The van der Waals surface area contributed by atoms with Crippen LogP contribution >= 0.6 is 0 Å². The van der Waals surface area contributed by atoms with Crippen LogP contribution in [0.1, 0.15) is 19.8 Å². The first-order valence-corrected chi connectivity index (χ1v) is 5.78. The molecule has 2 fully saturated rings. The van der Waals surface area contributed by atoms with Crippen molar-refractivity contribution in [3.63, 3.8) is 0 Å². The number of methoxy groups -OCH3 is 1. The van der Waals surface area contributed by atoms with Gasteiger partial charge < -0.3 is 15.0 Å². The van der Waals surface area contributed by atoms with E-state index in [9.17, 15) is 0 Å². The van der Waals surface area contributed by atoms with Gasteiger partial charge in [0.15, 0.2) is 0 Å². The first kappa shape index (κ1) is 10.4. The Bertz CT molecular complexity index is 186. The fourth-order valence-corrected chi connectivity index (χ4v) is 2.65. The number of likely N-dealkylation sites (tertiary alicyclic amines) is 1. The predicted molar refractivity (Wildman–Crippen MR) is 57.4 cm³/mol. The van der Waals surface area contributed by atoms with Crippen LogP contribution in [0.4, 0.5) is 0 Å². The Kier molecular flexibility index (Phi) is 3.42. The van der Waals surface area contributed by atoms with Crippen molar-refractivity contribution in [2.75, 3.05) is 33.3 Å². The van der Waals surface area contributed by atoms with Crippen molar-refractivity contribution < 1.29 is 4.74 Å². The van der Waals surface area contributed by atoms with E-state index in [4.69, 9.17) is 4.74 Å². The Hall–Kier alpha value is -0.120. The summed E-state index contributed by atoms with van der Waals surface area (Å²) in [4.78, 5) is 2.56. The molecule has 0 radical (unpaired) electrons. The minimum atomic E-state index is 0.486. The SMILES string of the molecule is COC1CCN(CC2CCNC2C)C1. The predicted octanol–water partition coefficient (Wildman–Crippen LogP) is 0.705. The molecule has 3 unspecified atom stereocenters. The van der Waals surface area contributed by atoms with Crippen LogP contribution in [-0.4, -0.2) is 50.3 Å². The highest BCUT2D eigenvalue weighted by Crippen LogP contribution is 2.20. The Morgan fingerprint density at radius 1 is 1.43 bits per heavy atom. The normalized spacial score (nSPS) is 39.4. The largest absolute Gasteiger partial charge is 0.380 e. The second-order valence-corrected chi connectivity index (χ2v) is 4.70. The monoisotopic (exact) mass is 198 g/mol. The molecule has 3 nitrogen and oxygen atoms in total. The van der Waals surface area contributed by atoms with Crippen molar-refractivity contribution in [1.29, 1.82) is 0 Å². The fraction of sp³-hybridized carbons (Fsp3) is 1.00. The Labute approximate surface area is 86.8 Å². The third-order valence-corrected chi connectivity index (χ3v) is 3.74. The van der Waals surface area contributed by atoms with Gasteiger partial charge in [0.25, 0.3) is 0 Å². The average molecular weight is 198 g/mol. The van der Waals surface area contributed by atoms with Gasteiger partial charge >= 0.3 is 0 Å². The molecule has 0 aliphatic carbocycles. The molecule has 2 aliphatic rings. The topological polar surface area (TPSA) is 24.5 Å². The molecule has 2 rings (SSSR count). The van der Waals surface area contributed by atoms with Crippen molar-refractivity contribution in [3.05, 3.63) is 0 Å². The highest BCUT2D eigenvalue weighted by atomic mass is 16.5. The van der Waals surface area contributed by atoms with Gasteiger partial charge in [-0.05, 0) is 32.2 Å². The van der Waals surface area contributed by atoms with Gasteiger partial charge in [0.1, 0.15) is 0 Å². The molecule has 2 saturated heterocycles. The lowest BCUT2D eigenvalue weighted by atomic mass is 10.0. The molecule has 0 bridgehead atoms. The zero-order valence-corrected chi connectivity index (χ0v) is 9.33. The maximum Gasteiger partial charge on any atom is 0.0710 e. The van der Waals surface area contributed by atoms with Gasteiger partial charge in [0, 0.05) is 32.8 Å². The lowest BCUT2D eigenvalue weighted by molar-refractivity contribution is 0.105. The number of ether oxygens (including phenoxy) is 1. The lowest BCUT2D eigenvalue weighted by Gasteiger charge is -2.22. The van der Waals surface area contributed by atoms with Crippen LogP contribution in [0, 0.1) is 5.92 Å². The molecule has 0 aromatic carbocycles. The van der Waals surface area contributed by atoms with Crippen LogP contribution in [0.2, 0.25) is 0 Å². The van der Waals surface area contributed by atoms with E-state index in [0.717, 1.165) is 12.5 Å². The standard InChI is InChI=1S/C11H22N2O/c1-9-10(3-5-12-9)7-13-6-4-11(8-13)14-2/h9-12H,3-8H2,1-2H3. The molecular formula is C11H22N2O. The molecule has 0 aromatic heterocycles. The van der Waals surface area contributed by atoms with E-state index in [2.05, 4.69) is 17.1 Å². The first-order valence-electron chi connectivity index (χ1n) is 5.78. The summed E-state index contributed by atoms with van der Waals surface area (Å²) in [6.45, 7) is 7.13. The molecule has 3 atom stereocenters. The quantitative estimate of drug-likeness (QED) is 0.722. The molecule has 0 aromatic rings. The number of hydrogen-bond acceptors (Lipinski definition) is 3. The van der Waals surface area contributed by atoms with Crippen LogP contribution in [0.15, 0.2) is 0 Å². The maximum absolute atomic E-state index is 5.38. The number of nitrogens with zero attached hydrogens (tertiary/aromatic N) is 1. The van der Waals surface area contributed by atoms with Crippen molar-refractivity contribution in [3.8, 4) is 0 Å². The molecular weight excluding hydrogens is 176 g/mol. The van der Waals surface area contributed by atoms with E-state index in [-0.39, 0.29) is 0 Å². The van der Waals surface area contributed by atoms with E-state index in [1.165, 1.54) is 32.5 Å². The fourth-order valence-electron chi connectivity index (χ4n) is 2.65. The summed E-state index contributed by atoms with van der Waals surface area (Å²) in [5.74, 6) is 0.852. The summed E-state index contributed by atoms with van der Waals surface area (Å²) >= 11 is 0. The van der Waals surface area contributed by atoms with Crippen molar-refractivity contribution in [2.45, 2.75) is 31.9 Å². The van der Waals surface area contributed by atoms with Gasteiger partial charge in [0.05, 0.1) is 6.10 Å². The van der Waals surface area contributed by atoms with Gasteiger partial charge in [-0.3, -0.25) is 0 Å². The molecule has 3 heteroatoms. The molecule has 14 heavy (non-hydrogen) atoms. The van der Waals surface area contributed by atoms with E-state index >= 15 is 0 Å². The van der Waals surface area contributed by atoms with Crippen LogP contribution in [0.25, 0.3) is 0 Å². The van der Waals surface area contributed by atoms with Gasteiger partial charge in [-0.15, -0.1) is 0 Å². The van der Waals surface area contributed by atoms with Gasteiger partial charge in [0.2, 0.25) is 0 Å². The molecule has 2 aliphatic heterocycles. The highest BCUT2D eigenvalue weighted by molar-refractivity contribution is 4.85. The summed E-state index contributed by atoms with van der Waals surface area (Å²) in [5, 5.41) is 3.51. The highest BCUT2D eigenvalue weighted by Gasteiger charge is 2.28. The summed E-state index contributed by atoms with van der Waals surface area (Å²) in [5.41, 5.74) is 0. The molecule has 0 spiro atoms. The van der Waals surface area contributed by atoms with Gasteiger partial charge in [-0.2, -0.15) is 0 Å². The minimum Gasteiger partial charge on any atom is -0.380 e. The van der Waals surface area contributed by atoms with Crippen LogP contribution < -0.4 is 5.32 Å². The van der Waals surface area contributed by atoms with Crippen LogP contribution in [0.3, 0.4) is 0 Å². The average Bonchev–Trinajstić information content (AvgIpc) is 2.77. The first-order chi connectivity index (χ1) is 6.79. The Balaban J connectivity index is 1.75. The zero-order chi connectivity index (χ0) is 9.97. The number of nitrogens with one attached hydrogen (secondary N) is 1. The van der Waals surface area contributed by atoms with E-state index in [1.54, 1.807) is 0 Å². The van der Waals surface area contributed by atoms with E-state index in [1.807, 2.05) is 7.11 Å². The van der Waals surface area contributed by atoms with E-state index in [0.29, 0.717) is 12.1 Å². The summed E-state index contributed by atoms with van der Waals surface area (Å²) in [6.07, 6.45) is 3.04. The summed E-state index contributed by atoms with van der Waals surface area (Å²) in [6, 6.07) is 0.705. The minimum absolute atomic E-state index is 0.486. The maximum atomic E-state index is 5.38. The summed E-state index contributed by atoms with van der Waals surface area (Å²) < 4.78 is 5.38. The molecule has 82 valence electrons. The molecule has 1 N–H and O–H groups in total. The van der Waals surface area contributed by atoms with Gasteiger partial charge in [-0.1, -0.05) is 0 Å². The van der Waals surface area contributed by atoms with Crippen molar-refractivity contribution in [1.82, 2.24) is 10.2 Å². The van der Waals surface area contributed by atoms with Crippen LogP contribution in [-0.2, 0) is 4.74 Å². The molecule has 0 amide bonds. The molecule has 2 heterocycles. The number of hydrogen-bond donors (Lipinski definition) is 1. The Morgan fingerprint density at radius 2 is 2.29 bits per heavy atom. The Morgan fingerprint density at radius 3 is 2.86 bits per heavy atom. The summed E-state index contributed by atoms with van der Waals surface area (Å²) in [7, 11) is 1.83.